The molecule has 0 spiro atoms. The van der Waals surface area contributed by atoms with E-state index >= 15 is 0 Å². The fourth-order valence-corrected chi connectivity index (χ4v) is 1.60. The van der Waals surface area contributed by atoms with Crippen molar-refractivity contribution in [1.82, 2.24) is 10.0 Å². The fourth-order valence-electron chi connectivity index (χ4n) is 1.60. The summed E-state index contributed by atoms with van der Waals surface area (Å²) < 4.78 is 11.0. The molecule has 2 rings (SSSR count). The molecule has 0 aliphatic heterocycles. The van der Waals surface area contributed by atoms with Crippen molar-refractivity contribution in [2.45, 2.75) is 6.54 Å². The van der Waals surface area contributed by atoms with E-state index in [2.05, 4.69) is 5.48 Å². The summed E-state index contributed by atoms with van der Waals surface area (Å²) >= 11 is 0. The van der Waals surface area contributed by atoms with E-state index < -0.39 is 11.7 Å². The maximum Gasteiger partial charge on any atom is 0.420 e. The monoisotopic (exact) mass is 266 g/mol. The molecule has 0 radical (unpaired) electrons. The van der Waals surface area contributed by atoms with E-state index in [9.17, 15) is 9.59 Å². The van der Waals surface area contributed by atoms with Crippen LogP contribution in [0.5, 0.6) is 0 Å². The number of fused-ring (bicyclic) bond motifs is 1. The van der Waals surface area contributed by atoms with Gasteiger partial charge < -0.3 is 9.15 Å². The number of amides is 1. The molecule has 0 aliphatic rings. The van der Waals surface area contributed by atoms with Gasteiger partial charge in [-0.25, -0.2) is 10.3 Å². The highest BCUT2D eigenvalue weighted by Crippen LogP contribution is 2.11. The van der Waals surface area contributed by atoms with Crippen molar-refractivity contribution >= 4 is 17.0 Å². The zero-order chi connectivity index (χ0) is 13.7. The Hall–Kier alpha value is -2.12. The average molecular weight is 266 g/mol. The van der Waals surface area contributed by atoms with Crippen LogP contribution in [-0.4, -0.2) is 30.8 Å². The zero-order valence-corrected chi connectivity index (χ0v) is 10.4. The number of methoxy groups -OCH3 is 1. The number of para-hydroxylation sites is 2. The van der Waals surface area contributed by atoms with E-state index in [1.165, 1.54) is 11.7 Å². The molecule has 102 valence electrons. The lowest BCUT2D eigenvalue weighted by atomic mass is 10.3. The molecule has 0 bridgehead atoms. The van der Waals surface area contributed by atoms with Crippen LogP contribution in [0.3, 0.4) is 0 Å². The summed E-state index contributed by atoms with van der Waals surface area (Å²) in [5.74, 6) is -1.02. The highest BCUT2D eigenvalue weighted by atomic mass is 16.7. The standard InChI is InChI=1S/C12H14N2O5/c1-17-6-7-18-13-11(15)8-14-9-4-2-3-5-10(9)19-12(14)16/h2-5H,6-8H2,1H3,(H,13,15). The SMILES string of the molecule is COCCONC(=O)Cn1c(=O)oc2ccccc21. The molecule has 0 atom stereocenters. The van der Waals surface area contributed by atoms with Crippen LogP contribution >= 0.6 is 0 Å². The van der Waals surface area contributed by atoms with Gasteiger partial charge in [-0.1, -0.05) is 12.1 Å². The first-order valence-corrected chi connectivity index (χ1v) is 5.70. The molecule has 1 amide bonds. The van der Waals surface area contributed by atoms with E-state index in [1.54, 1.807) is 24.3 Å². The molecular weight excluding hydrogens is 252 g/mol. The smallest absolute Gasteiger partial charge is 0.408 e. The number of rotatable bonds is 6. The van der Waals surface area contributed by atoms with Gasteiger partial charge >= 0.3 is 5.76 Å². The van der Waals surface area contributed by atoms with Crippen LogP contribution in [0, 0.1) is 0 Å². The van der Waals surface area contributed by atoms with Gasteiger partial charge in [-0.05, 0) is 12.1 Å². The number of carbonyl (C=O) groups is 1. The first kappa shape index (κ1) is 13.3. The minimum Gasteiger partial charge on any atom is -0.408 e. The summed E-state index contributed by atoms with van der Waals surface area (Å²) in [6, 6.07) is 6.89. The number of aromatic nitrogens is 1. The number of hydrogen-bond donors (Lipinski definition) is 1. The summed E-state index contributed by atoms with van der Waals surface area (Å²) in [5.41, 5.74) is 3.24. The molecule has 0 saturated heterocycles. The second-order valence-corrected chi connectivity index (χ2v) is 3.79. The molecule has 7 heteroatoms. The Kier molecular flexibility index (Phi) is 4.32. The van der Waals surface area contributed by atoms with Gasteiger partial charge in [0.25, 0.3) is 5.91 Å². The average Bonchev–Trinajstić information content (AvgIpc) is 2.72. The highest BCUT2D eigenvalue weighted by molar-refractivity contribution is 5.78. The molecule has 7 nitrogen and oxygen atoms in total. The van der Waals surface area contributed by atoms with Crippen molar-refractivity contribution in [3.05, 3.63) is 34.8 Å². The van der Waals surface area contributed by atoms with Crippen molar-refractivity contribution in [1.29, 1.82) is 0 Å². The van der Waals surface area contributed by atoms with E-state index in [-0.39, 0.29) is 13.2 Å². The van der Waals surface area contributed by atoms with Crippen LogP contribution in [0.15, 0.2) is 33.5 Å². The summed E-state index contributed by atoms with van der Waals surface area (Å²) in [5, 5.41) is 0. The first-order chi connectivity index (χ1) is 9.22. The summed E-state index contributed by atoms with van der Waals surface area (Å²) in [4.78, 5) is 28.1. The largest absolute Gasteiger partial charge is 0.420 e. The van der Waals surface area contributed by atoms with Gasteiger partial charge in [0.1, 0.15) is 6.54 Å². The van der Waals surface area contributed by atoms with Crippen LogP contribution in [0.4, 0.5) is 0 Å². The lowest BCUT2D eigenvalue weighted by Crippen LogP contribution is -2.31. The topological polar surface area (TPSA) is 82.7 Å². The van der Waals surface area contributed by atoms with Crippen molar-refractivity contribution in [3.8, 4) is 0 Å². The summed E-state index contributed by atoms with van der Waals surface area (Å²) in [6.45, 7) is 0.445. The Morgan fingerprint density at radius 1 is 1.37 bits per heavy atom. The molecule has 0 unspecified atom stereocenters. The minimum absolute atomic E-state index is 0.164. The Balaban J connectivity index is 2.03. The van der Waals surface area contributed by atoms with Gasteiger partial charge in [0.2, 0.25) is 0 Å². The Morgan fingerprint density at radius 3 is 2.95 bits per heavy atom. The number of hydrogen-bond acceptors (Lipinski definition) is 5. The Bertz CT molecular complexity index is 616. The molecule has 1 heterocycles. The third-order valence-electron chi connectivity index (χ3n) is 2.45. The van der Waals surface area contributed by atoms with Gasteiger partial charge in [0.05, 0.1) is 18.7 Å². The third kappa shape index (κ3) is 3.21. The molecule has 0 aliphatic carbocycles. The predicted octanol–water partition coefficient (Wildman–Crippen LogP) is 0.289. The molecule has 19 heavy (non-hydrogen) atoms. The summed E-state index contributed by atoms with van der Waals surface area (Å²) in [6.07, 6.45) is 0. The number of hydroxylamine groups is 1. The number of oxazole rings is 1. The van der Waals surface area contributed by atoms with E-state index in [1.807, 2.05) is 0 Å². The van der Waals surface area contributed by atoms with Gasteiger partial charge in [0, 0.05) is 7.11 Å². The van der Waals surface area contributed by atoms with Crippen LogP contribution in [0.25, 0.3) is 11.1 Å². The normalized spacial score (nSPS) is 10.8. The van der Waals surface area contributed by atoms with Gasteiger partial charge in [-0.3, -0.25) is 14.2 Å². The lowest BCUT2D eigenvalue weighted by molar-refractivity contribution is -0.135. The second kappa shape index (κ2) is 6.17. The quantitative estimate of drug-likeness (QED) is 0.600. The van der Waals surface area contributed by atoms with E-state index in [4.69, 9.17) is 14.0 Å². The maximum atomic E-state index is 11.6. The van der Waals surface area contributed by atoms with E-state index in [0.717, 1.165) is 0 Å². The van der Waals surface area contributed by atoms with Gasteiger partial charge in [0.15, 0.2) is 5.58 Å². The number of nitrogens with zero attached hydrogens (tertiary/aromatic N) is 1. The number of nitrogens with one attached hydrogen (secondary N) is 1. The summed E-state index contributed by atoms with van der Waals surface area (Å²) in [7, 11) is 1.53. The number of benzene rings is 1. The van der Waals surface area contributed by atoms with Crippen molar-refractivity contribution < 1.29 is 18.8 Å². The number of carbonyl (C=O) groups excluding carboxylic acids is 1. The Labute approximate surface area is 108 Å². The molecule has 1 N–H and O–H groups in total. The highest BCUT2D eigenvalue weighted by Gasteiger charge is 2.11. The third-order valence-corrected chi connectivity index (χ3v) is 2.45. The molecular formula is C12H14N2O5. The predicted molar refractivity (Wildman–Crippen MR) is 66.4 cm³/mol. The lowest BCUT2D eigenvalue weighted by Gasteiger charge is -2.05. The zero-order valence-electron chi connectivity index (χ0n) is 10.4. The molecule has 1 aromatic carbocycles. The van der Waals surface area contributed by atoms with Crippen LogP contribution < -0.4 is 11.2 Å². The van der Waals surface area contributed by atoms with Gasteiger partial charge in [-0.2, -0.15) is 0 Å². The first-order valence-electron chi connectivity index (χ1n) is 5.70. The maximum absolute atomic E-state index is 11.6. The molecule has 2 aromatic rings. The van der Waals surface area contributed by atoms with Crippen LogP contribution in [0.2, 0.25) is 0 Å². The van der Waals surface area contributed by atoms with Gasteiger partial charge in [-0.15, -0.1) is 0 Å². The van der Waals surface area contributed by atoms with Crippen LogP contribution in [0.1, 0.15) is 0 Å². The molecule has 1 aromatic heterocycles. The van der Waals surface area contributed by atoms with Crippen molar-refractivity contribution in [2.75, 3.05) is 20.3 Å². The fraction of sp³-hybridized carbons (Fsp3) is 0.333. The van der Waals surface area contributed by atoms with E-state index in [0.29, 0.717) is 17.7 Å². The molecule has 0 fully saturated rings. The second-order valence-electron chi connectivity index (χ2n) is 3.79. The molecule has 0 saturated carbocycles. The van der Waals surface area contributed by atoms with Crippen molar-refractivity contribution in [2.24, 2.45) is 0 Å². The van der Waals surface area contributed by atoms with Crippen LogP contribution in [-0.2, 0) is 20.9 Å². The number of ether oxygens (including phenoxy) is 1. The van der Waals surface area contributed by atoms with Crippen molar-refractivity contribution in [3.63, 3.8) is 0 Å². The Morgan fingerprint density at radius 2 is 2.16 bits per heavy atom. The minimum atomic E-state index is -0.576.